The molecule has 0 bridgehead atoms. The first kappa shape index (κ1) is 10.8. The number of ether oxygens (including phenoxy) is 1. The molecule has 0 aliphatic rings. The summed E-state index contributed by atoms with van der Waals surface area (Å²) in [4.78, 5) is 24.4. The lowest BCUT2D eigenvalue weighted by molar-refractivity contribution is -0.144. The summed E-state index contributed by atoms with van der Waals surface area (Å²) in [5.41, 5.74) is -0.412. The molecule has 4 heteroatoms. The summed E-state index contributed by atoms with van der Waals surface area (Å²) in [7, 11) is 1.27. The van der Waals surface area contributed by atoms with Gasteiger partial charge in [-0.05, 0) is 5.41 Å². The van der Waals surface area contributed by atoms with Gasteiger partial charge in [0, 0.05) is 0 Å². The van der Waals surface area contributed by atoms with Crippen LogP contribution in [-0.4, -0.2) is 25.2 Å². The van der Waals surface area contributed by atoms with E-state index < -0.39 is 17.4 Å². The topological polar surface area (TPSA) is 55.7 Å². The first-order valence-electron chi connectivity index (χ1n) is 3.58. The Bertz CT molecular complexity index is 211. The van der Waals surface area contributed by atoms with Gasteiger partial charge in [-0.25, -0.2) is 9.59 Å². The Morgan fingerprint density at radius 3 is 2.25 bits per heavy atom. The van der Waals surface area contributed by atoms with Gasteiger partial charge in [0.2, 0.25) is 6.08 Å². The van der Waals surface area contributed by atoms with Crippen LogP contribution in [0.4, 0.5) is 0 Å². The molecular weight excluding hydrogens is 158 g/mol. The highest BCUT2D eigenvalue weighted by Crippen LogP contribution is 2.22. The molecule has 0 aliphatic carbocycles. The van der Waals surface area contributed by atoms with Gasteiger partial charge in [0.25, 0.3) is 0 Å². The molecule has 0 saturated heterocycles. The molecule has 0 heterocycles. The molecule has 0 N–H and O–H groups in total. The fraction of sp³-hybridized carbons (Fsp3) is 0.750. The van der Waals surface area contributed by atoms with Crippen LogP contribution in [-0.2, 0) is 14.3 Å². The van der Waals surface area contributed by atoms with Crippen molar-refractivity contribution in [3.63, 3.8) is 0 Å². The van der Waals surface area contributed by atoms with Crippen molar-refractivity contribution in [2.24, 2.45) is 10.4 Å². The summed E-state index contributed by atoms with van der Waals surface area (Å²) in [5.74, 6) is -0.508. The van der Waals surface area contributed by atoms with Gasteiger partial charge in [-0.3, -0.25) is 0 Å². The molecule has 0 aromatic rings. The number of isocyanates is 1. The maximum absolute atomic E-state index is 11.1. The summed E-state index contributed by atoms with van der Waals surface area (Å²) in [6, 6.07) is -0.764. The monoisotopic (exact) mass is 171 g/mol. The lowest BCUT2D eigenvalue weighted by Gasteiger charge is -2.22. The van der Waals surface area contributed by atoms with E-state index in [1.165, 1.54) is 13.2 Å². The second-order valence-electron chi connectivity index (χ2n) is 3.51. The molecule has 68 valence electrons. The van der Waals surface area contributed by atoms with E-state index in [1.54, 1.807) is 20.8 Å². The van der Waals surface area contributed by atoms with Crippen LogP contribution in [0.15, 0.2) is 4.99 Å². The van der Waals surface area contributed by atoms with E-state index in [9.17, 15) is 9.59 Å². The maximum atomic E-state index is 11.1. The molecule has 0 amide bonds. The Morgan fingerprint density at radius 2 is 2.00 bits per heavy atom. The van der Waals surface area contributed by atoms with Crippen molar-refractivity contribution >= 4 is 12.0 Å². The Balaban J connectivity index is 4.67. The average molecular weight is 171 g/mol. The van der Waals surface area contributed by atoms with Crippen LogP contribution in [0, 0.1) is 5.41 Å². The number of hydrogen-bond acceptors (Lipinski definition) is 4. The minimum atomic E-state index is -0.764. The van der Waals surface area contributed by atoms with Gasteiger partial charge in [0.05, 0.1) is 7.11 Å². The van der Waals surface area contributed by atoms with Crippen LogP contribution in [0.5, 0.6) is 0 Å². The van der Waals surface area contributed by atoms with Crippen LogP contribution in [0.25, 0.3) is 0 Å². The molecule has 0 rings (SSSR count). The molecule has 0 radical (unpaired) electrons. The summed E-state index contributed by atoms with van der Waals surface area (Å²) in [5, 5.41) is 0. The zero-order chi connectivity index (χ0) is 9.78. The largest absolute Gasteiger partial charge is 0.467 e. The third-order valence-electron chi connectivity index (χ3n) is 1.43. The predicted octanol–water partition coefficient (Wildman–Crippen LogP) is 0.910. The number of esters is 1. The van der Waals surface area contributed by atoms with Crippen molar-refractivity contribution in [2.45, 2.75) is 26.8 Å². The third-order valence-corrected chi connectivity index (χ3v) is 1.43. The molecule has 0 saturated carbocycles. The van der Waals surface area contributed by atoms with E-state index in [0.717, 1.165) is 0 Å². The second-order valence-corrected chi connectivity index (χ2v) is 3.51. The number of hydrogen-bond donors (Lipinski definition) is 0. The Labute approximate surface area is 71.6 Å². The van der Waals surface area contributed by atoms with Crippen molar-refractivity contribution < 1.29 is 14.3 Å². The summed E-state index contributed by atoms with van der Waals surface area (Å²) < 4.78 is 4.48. The van der Waals surface area contributed by atoms with Crippen LogP contribution < -0.4 is 0 Å². The summed E-state index contributed by atoms with van der Waals surface area (Å²) in [6.07, 6.45) is 1.36. The number of rotatable bonds is 2. The number of nitrogens with zero attached hydrogens (tertiary/aromatic N) is 1. The minimum Gasteiger partial charge on any atom is -0.467 e. The fourth-order valence-electron chi connectivity index (χ4n) is 0.764. The van der Waals surface area contributed by atoms with Crippen molar-refractivity contribution in [1.29, 1.82) is 0 Å². The van der Waals surface area contributed by atoms with E-state index in [0.29, 0.717) is 0 Å². The van der Waals surface area contributed by atoms with Crippen molar-refractivity contribution in [3.05, 3.63) is 0 Å². The van der Waals surface area contributed by atoms with Crippen molar-refractivity contribution in [3.8, 4) is 0 Å². The molecule has 0 aromatic heterocycles. The Hall–Kier alpha value is -1.15. The Morgan fingerprint density at radius 1 is 1.50 bits per heavy atom. The first-order valence-corrected chi connectivity index (χ1v) is 3.58. The molecular formula is C8H13NO3. The molecule has 0 unspecified atom stereocenters. The van der Waals surface area contributed by atoms with Crippen LogP contribution >= 0.6 is 0 Å². The van der Waals surface area contributed by atoms with Crippen LogP contribution in [0.1, 0.15) is 20.8 Å². The van der Waals surface area contributed by atoms with Gasteiger partial charge in [-0.1, -0.05) is 20.8 Å². The SMILES string of the molecule is COC(=O)[C@@H](N=C=O)C(C)(C)C. The highest BCUT2D eigenvalue weighted by molar-refractivity contribution is 5.77. The van der Waals surface area contributed by atoms with Crippen molar-refractivity contribution in [2.75, 3.05) is 7.11 Å². The molecule has 1 atom stereocenters. The highest BCUT2D eigenvalue weighted by atomic mass is 16.5. The molecule has 4 nitrogen and oxygen atoms in total. The molecule has 0 aliphatic heterocycles. The molecule has 0 fully saturated rings. The van der Waals surface area contributed by atoms with E-state index in [2.05, 4.69) is 9.73 Å². The van der Waals surface area contributed by atoms with E-state index in [-0.39, 0.29) is 0 Å². The number of carbonyl (C=O) groups is 1. The molecule has 12 heavy (non-hydrogen) atoms. The summed E-state index contributed by atoms with van der Waals surface area (Å²) >= 11 is 0. The van der Waals surface area contributed by atoms with Gasteiger partial charge < -0.3 is 4.74 Å². The fourth-order valence-corrected chi connectivity index (χ4v) is 0.764. The van der Waals surface area contributed by atoms with Crippen LogP contribution in [0.2, 0.25) is 0 Å². The Kier molecular flexibility index (Phi) is 3.64. The number of aliphatic imine (C=N–C) groups is 1. The minimum absolute atomic E-state index is 0.412. The van der Waals surface area contributed by atoms with E-state index in [1.807, 2.05) is 0 Å². The van der Waals surface area contributed by atoms with Crippen molar-refractivity contribution in [1.82, 2.24) is 0 Å². The standard InChI is InChI=1S/C8H13NO3/c1-8(2,3)6(9-5-10)7(11)12-4/h6H,1-4H3/t6-/m1/s1. The average Bonchev–Trinajstić information content (AvgIpc) is 1.96. The normalized spacial score (nSPS) is 13.0. The maximum Gasteiger partial charge on any atom is 0.332 e. The van der Waals surface area contributed by atoms with Gasteiger partial charge in [0.15, 0.2) is 6.04 Å². The van der Waals surface area contributed by atoms with Gasteiger partial charge in [-0.2, -0.15) is 4.99 Å². The zero-order valence-electron chi connectivity index (χ0n) is 7.75. The number of carbonyl (C=O) groups excluding carboxylic acids is 2. The summed E-state index contributed by atoms with van der Waals surface area (Å²) in [6.45, 7) is 5.40. The smallest absolute Gasteiger partial charge is 0.332 e. The highest BCUT2D eigenvalue weighted by Gasteiger charge is 2.31. The predicted molar refractivity (Wildman–Crippen MR) is 43.4 cm³/mol. The second kappa shape index (κ2) is 4.02. The zero-order valence-corrected chi connectivity index (χ0v) is 7.75. The third kappa shape index (κ3) is 2.84. The van der Waals surface area contributed by atoms with Gasteiger partial charge in [0.1, 0.15) is 0 Å². The van der Waals surface area contributed by atoms with E-state index >= 15 is 0 Å². The first-order chi connectivity index (χ1) is 5.43. The number of methoxy groups -OCH3 is 1. The van der Waals surface area contributed by atoms with Gasteiger partial charge in [-0.15, -0.1) is 0 Å². The lowest BCUT2D eigenvalue weighted by atomic mass is 9.87. The van der Waals surface area contributed by atoms with Crippen LogP contribution in [0.3, 0.4) is 0 Å². The molecule has 0 spiro atoms. The lowest BCUT2D eigenvalue weighted by Crippen LogP contribution is -2.33. The molecule has 0 aromatic carbocycles. The van der Waals surface area contributed by atoms with Gasteiger partial charge >= 0.3 is 5.97 Å². The van der Waals surface area contributed by atoms with E-state index in [4.69, 9.17) is 0 Å². The quantitative estimate of drug-likeness (QED) is 0.352.